The van der Waals surface area contributed by atoms with Crippen molar-refractivity contribution >= 4 is 0 Å². The Hall–Kier alpha value is -0.860. The second kappa shape index (κ2) is 6.35. The van der Waals surface area contributed by atoms with Gasteiger partial charge in [-0.05, 0) is 44.7 Å². The summed E-state index contributed by atoms with van der Waals surface area (Å²) >= 11 is 0. The minimum atomic E-state index is 0.0343. The molecule has 1 aliphatic rings. The van der Waals surface area contributed by atoms with E-state index in [2.05, 4.69) is 36.5 Å². The topological polar surface area (TPSA) is 32.3 Å². The van der Waals surface area contributed by atoms with Gasteiger partial charge in [-0.25, -0.2) is 0 Å². The summed E-state index contributed by atoms with van der Waals surface area (Å²) in [5, 5.41) is 13.1. The molecule has 2 rings (SSSR count). The van der Waals surface area contributed by atoms with Crippen molar-refractivity contribution in [2.45, 2.75) is 51.0 Å². The molecule has 0 heterocycles. The van der Waals surface area contributed by atoms with E-state index in [1.54, 1.807) is 0 Å². The molecule has 100 valence electrons. The number of benzene rings is 1. The fourth-order valence-electron chi connectivity index (χ4n) is 2.96. The molecule has 2 nitrogen and oxygen atoms in total. The molecule has 0 amide bonds. The molecule has 0 bridgehead atoms. The molecular weight excluding hydrogens is 222 g/mol. The maximum Gasteiger partial charge on any atom is 0.0613 e. The summed E-state index contributed by atoms with van der Waals surface area (Å²) in [6.07, 6.45) is 7.04. The lowest BCUT2D eigenvalue weighted by atomic mass is 9.98. The van der Waals surface area contributed by atoms with Gasteiger partial charge in [-0.2, -0.15) is 0 Å². The highest BCUT2D eigenvalue weighted by atomic mass is 16.3. The smallest absolute Gasteiger partial charge is 0.0613 e. The standard InChI is InChI=1S/C16H25NO/c1-14-6-4-7-15(12-14)8-5-11-17-16(13-18)9-2-3-10-16/h4,6-7,12,17-18H,2-3,5,8-11,13H2,1H3. The molecule has 0 aromatic heterocycles. The van der Waals surface area contributed by atoms with Crippen LogP contribution < -0.4 is 5.32 Å². The molecule has 1 aliphatic carbocycles. The number of hydrogen-bond acceptors (Lipinski definition) is 2. The fourth-order valence-corrected chi connectivity index (χ4v) is 2.96. The van der Waals surface area contributed by atoms with Crippen LogP contribution in [0.15, 0.2) is 24.3 Å². The number of rotatable bonds is 6. The first-order valence-corrected chi connectivity index (χ1v) is 7.16. The minimum Gasteiger partial charge on any atom is -0.394 e. The number of nitrogens with one attached hydrogen (secondary N) is 1. The fraction of sp³-hybridized carbons (Fsp3) is 0.625. The molecule has 0 atom stereocenters. The Kier molecular flexibility index (Phi) is 4.79. The van der Waals surface area contributed by atoms with Crippen molar-refractivity contribution in [3.05, 3.63) is 35.4 Å². The molecule has 18 heavy (non-hydrogen) atoms. The summed E-state index contributed by atoms with van der Waals surface area (Å²) in [4.78, 5) is 0. The normalized spacial score (nSPS) is 18.1. The lowest BCUT2D eigenvalue weighted by Crippen LogP contribution is -2.46. The second-order valence-electron chi connectivity index (χ2n) is 5.66. The van der Waals surface area contributed by atoms with Gasteiger partial charge < -0.3 is 10.4 Å². The highest BCUT2D eigenvalue weighted by molar-refractivity contribution is 5.22. The molecule has 0 saturated heterocycles. The molecule has 0 unspecified atom stereocenters. The lowest BCUT2D eigenvalue weighted by Gasteiger charge is -2.28. The molecule has 1 aromatic carbocycles. The predicted octanol–water partition coefficient (Wildman–Crippen LogP) is 2.82. The molecular formula is C16H25NO. The van der Waals surface area contributed by atoms with Gasteiger partial charge in [0.05, 0.1) is 6.61 Å². The maximum atomic E-state index is 9.51. The Labute approximate surface area is 110 Å². The van der Waals surface area contributed by atoms with E-state index in [0.717, 1.165) is 32.2 Å². The zero-order chi connectivity index (χ0) is 12.8. The summed E-state index contributed by atoms with van der Waals surface area (Å²) in [5.41, 5.74) is 2.79. The molecule has 2 N–H and O–H groups in total. The summed E-state index contributed by atoms with van der Waals surface area (Å²) in [6, 6.07) is 8.73. The molecule has 0 radical (unpaired) electrons. The van der Waals surface area contributed by atoms with E-state index in [-0.39, 0.29) is 12.1 Å². The maximum absolute atomic E-state index is 9.51. The summed E-state index contributed by atoms with van der Waals surface area (Å²) in [7, 11) is 0. The van der Waals surface area contributed by atoms with Crippen molar-refractivity contribution in [2.75, 3.05) is 13.2 Å². The third-order valence-electron chi connectivity index (χ3n) is 4.09. The van der Waals surface area contributed by atoms with Gasteiger partial charge in [0.2, 0.25) is 0 Å². The van der Waals surface area contributed by atoms with Crippen LogP contribution in [0.3, 0.4) is 0 Å². The average molecular weight is 247 g/mol. The van der Waals surface area contributed by atoms with Crippen LogP contribution in [-0.4, -0.2) is 23.8 Å². The van der Waals surface area contributed by atoms with Gasteiger partial charge in [0.15, 0.2) is 0 Å². The number of hydrogen-bond donors (Lipinski definition) is 2. The highest BCUT2D eigenvalue weighted by Gasteiger charge is 2.31. The highest BCUT2D eigenvalue weighted by Crippen LogP contribution is 2.28. The number of aryl methyl sites for hydroxylation is 2. The van der Waals surface area contributed by atoms with Gasteiger partial charge in [-0.15, -0.1) is 0 Å². The van der Waals surface area contributed by atoms with Crippen LogP contribution >= 0.6 is 0 Å². The zero-order valence-electron chi connectivity index (χ0n) is 11.4. The summed E-state index contributed by atoms with van der Waals surface area (Å²) < 4.78 is 0. The Balaban J connectivity index is 1.72. The quantitative estimate of drug-likeness (QED) is 0.758. The third kappa shape index (κ3) is 3.56. The van der Waals surface area contributed by atoms with Crippen molar-refractivity contribution in [2.24, 2.45) is 0 Å². The van der Waals surface area contributed by atoms with E-state index in [1.165, 1.54) is 24.0 Å². The lowest BCUT2D eigenvalue weighted by molar-refractivity contribution is 0.164. The van der Waals surface area contributed by atoms with Crippen molar-refractivity contribution < 1.29 is 5.11 Å². The Morgan fingerprint density at radius 3 is 2.72 bits per heavy atom. The molecule has 1 saturated carbocycles. The van der Waals surface area contributed by atoms with Crippen LogP contribution in [-0.2, 0) is 6.42 Å². The van der Waals surface area contributed by atoms with Gasteiger partial charge >= 0.3 is 0 Å². The molecule has 1 fully saturated rings. The number of aliphatic hydroxyl groups is 1. The van der Waals surface area contributed by atoms with Crippen molar-refractivity contribution in [3.63, 3.8) is 0 Å². The van der Waals surface area contributed by atoms with Gasteiger partial charge in [0.1, 0.15) is 0 Å². The molecule has 0 spiro atoms. The van der Waals surface area contributed by atoms with Crippen molar-refractivity contribution in [1.29, 1.82) is 0 Å². The van der Waals surface area contributed by atoms with Crippen LogP contribution in [0.1, 0.15) is 43.2 Å². The second-order valence-corrected chi connectivity index (χ2v) is 5.66. The first-order valence-electron chi connectivity index (χ1n) is 7.16. The summed E-state index contributed by atoms with van der Waals surface area (Å²) in [6.45, 7) is 3.44. The van der Waals surface area contributed by atoms with Crippen molar-refractivity contribution in [1.82, 2.24) is 5.32 Å². The van der Waals surface area contributed by atoms with Crippen LogP contribution in [0.5, 0.6) is 0 Å². The SMILES string of the molecule is Cc1cccc(CCCNC2(CO)CCCC2)c1. The van der Waals surface area contributed by atoms with E-state index in [1.807, 2.05) is 0 Å². The predicted molar refractivity (Wildman–Crippen MR) is 75.8 cm³/mol. The molecule has 2 heteroatoms. The van der Waals surface area contributed by atoms with Crippen LogP contribution in [0.25, 0.3) is 0 Å². The summed E-state index contributed by atoms with van der Waals surface area (Å²) in [5.74, 6) is 0. The van der Waals surface area contributed by atoms with E-state index in [9.17, 15) is 5.11 Å². The Bertz CT molecular complexity index is 369. The van der Waals surface area contributed by atoms with Crippen LogP contribution in [0.2, 0.25) is 0 Å². The third-order valence-corrected chi connectivity index (χ3v) is 4.09. The molecule has 0 aliphatic heterocycles. The van der Waals surface area contributed by atoms with Crippen LogP contribution in [0.4, 0.5) is 0 Å². The van der Waals surface area contributed by atoms with Gasteiger partial charge in [0.25, 0.3) is 0 Å². The zero-order valence-corrected chi connectivity index (χ0v) is 11.4. The molecule has 1 aromatic rings. The van der Waals surface area contributed by atoms with Gasteiger partial charge in [-0.1, -0.05) is 42.7 Å². The van der Waals surface area contributed by atoms with Crippen LogP contribution in [0, 0.1) is 6.92 Å². The Morgan fingerprint density at radius 1 is 1.28 bits per heavy atom. The number of aliphatic hydroxyl groups excluding tert-OH is 1. The van der Waals surface area contributed by atoms with Gasteiger partial charge in [0, 0.05) is 5.54 Å². The van der Waals surface area contributed by atoms with E-state index in [4.69, 9.17) is 0 Å². The van der Waals surface area contributed by atoms with Crippen molar-refractivity contribution in [3.8, 4) is 0 Å². The first kappa shape index (κ1) is 13.6. The monoisotopic (exact) mass is 247 g/mol. The first-order chi connectivity index (χ1) is 8.74. The largest absolute Gasteiger partial charge is 0.394 e. The Morgan fingerprint density at radius 2 is 2.06 bits per heavy atom. The van der Waals surface area contributed by atoms with E-state index >= 15 is 0 Å². The van der Waals surface area contributed by atoms with E-state index in [0.29, 0.717) is 0 Å². The minimum absolute atomic E-state index is 0.0343. The van der Waals surface area contributed by atoms with E-state index < -0.39 is 0 Å². The average Bonchev–Trinajstić information content (AvgIpc) is 2.84. The van der Waals surface area contributed by atoms with Gasteiger partial charge in [-0.3, -0.25) is 0 Å².